The summed E-state index contributed by atoms with van der Waals surface area (Å²) < 4.78 is 0. The third-order valence-electron chi connectivity index (χ3n) is 3.56. The topological polar surface area (TPSA) is 12.0 Å². The molecule has 0 fully saturated rings. The van der Waals surface area contributed by atoms with Gasteiger partial charge in [0.2, 0.25) is 0 Å². The van der Waals surface area contributed by atoms with Crippen molar-refractivity contribution in [1.82, 2.24) is 5.32 Å². The van der Waals surface area contributed by atoms with E-state index in [9.17, 15) is 0 Å². The molecule has 1 rings (SSSR count). The predicted octanol–water partition coefficient (Wildman–Crippen LogP) is 4.49. The zero-order valence-electron chi connectivity index (χ0n) is 11.5. The van der Waals surface area contributed by atoms with Crippen LogP contribution in [0.1, 0.15) is 51.3 Å². The summed E-state index contributed by atoms with van der Waals surface area (Å²) in [6, 6.07) is 5.12. The molecule has 0 radical (unpaired) electrons. The molecule has 0 bridgehead atoms. The second kappa shape index (κ2) is 8.71. The van der Waals surface area contributed by atoms with Gasteiger partial charge in [0.15, 0.2) is 0 Å². The molecule has 1 heterocycles. The predicted molar refractivity (Wildman–Crippen MR) is 78.8 cm³/mol. The molecular formula is C15H27NS. The largest absolute Gasteiger partial charge is 0.314 e. The van der Waals surface area contributed by atoms with Crippen LogP contribution in [-0.2, 0) is 6.42 Å². The van der Waals surface area contributed by atoms with Crippen molar-refractivity contribution in [3.63, 3.8) is 0 Å². The highest BCUT2D eigenvalue weighted by Crippen LogP contribution is 2.19. The van der Waals surface area contributed by atoms with Crippen LogP contribution in [-0.4, -0.2) is 12.6 Å². The first-order chi connectivity index (χ1) is 8.31. The van der Waals surface area contributed by atoms with Gasteiger partial charge in [-0.25, -0.2) is 0 Å². The lowest BCUT2D eigenvalue weighted by Crippen LogP contribution is -2.36. The summed E-state index contributed by atoms with van der Waals surface area (Å²) >= 11 is 1.89. The SMILES string of the molecule is CCCNC(CCc1cccs1)C(CC)CC. The second-order valence-electron chi connectivity index (χ2n) is 4.76. The van der Waals surface area contributed by atoms with Gasteiger partial charge in [-0.15, -0.1) is 11.3 Å². The van der Waals surface area contributed by atoms with Crippen LogP contribution < -0.4 is 5.32 Å². The number of thiophene rings is 1. The summed E-state index contributed by atoms with van der Waals surface area (Å²) in [5.74, 6) is 0.835. The summed E-state index contributed by atoms with van der Waals surface area (Å²) in [6.07, 6.45) is 6.34. The number of hydrogen-bond acceptors (Lipinski definition) is 2. The van der Waals surface area contributed by atoms with E-state index in [1.54, 1.807) is 0 Å². The molecule has 98 valence electrons. The average Bonchev–Trinajstić information content (AvgIpc) is 2.86. The molecule has 0 aliphatic heterocycles. The Bertz CT molecular complexity index is 264. The number of aryl methyl sites for hydroxylation is 1. The van der Waals surface area contributed by atoms with E-state index in [0.717, 1.165) is 12.5 Å². The van der Waals surface area contributed by atoms with Crippen LogP contribution in [0.15, 0.2) is 17.5 Å². The highest BCUT2D eigenvalue weighted by Gasteiger charge is 2.17. The zero-order valence-corrected chi connectivity index (χ0v) is 12.4. The van der Waals surface area contributed by atoms with Gasteiger partial charge in [0.05, 0.1) is 0 Å². The summed E-state index contributed by atoms with van der Waals surface area (Å²) in [5.41, 5.74) is 0. The van der Waals surface area contributed by atoms with Crippen LogP contribution in [0, 0.1) is 5.92 Å². The molecule has 0 aliphatic carbocycles. The lowest BCUT2D eigenvalue weighted by atomic mass is 9.90. The molecule has 0 aromatic carbocycles. The summed E-state index contributed by atoms with van der Waals surface area (Å²) in [4.78, 5) is 1.53. The second-order valence-corrected chi connectivity index (χ2v) is 5.79. The van der Waals surface area contributed by atoms with E-state index in [-0.39, 0.29) is 0 Å². The van der Waals surface area contributed by atoms with Crippen LogP contribution >= 0.6 is 11.3 Å². The van der Waals surface area contributed by atoms with Gasteiger partial charge in [0.1, 0.15) is 0 Å². The fraction of sp³-hybridized carbons (Fsp3) is 0.733. The summed E-state index contributed by atoms with van der Waals surface area (Å²) in [7, 11) is 0. The molecule has 0 saturated carbocycles. The zero-order chi connectivity index (χ0) is 12.5. The molecule has 1 unspecified atom stereocenters. The molecule has 1 N–H and O–H groups in total. The molecular weight excluding hydrogens is 226 g/mol. The molecule has 0 saturated heterocycles. The third-order valence-corrected chi connectivity index (χ3v) is 4.49. The maximum absolute atomic E-state index is 3.74. The fourth-order valence-electron chi connectivity index (χ4n) is 2.44. The molecule has 1 aromatic heterocycles. The van der Waals surface area contributed by atoms with E-state index in [4.69, 9.17) is 0 Å². The van der Waals surface area contributed by atoms with Crippen LogP contribution in [0.25, 0.3) is 0 Å². The molecule has 0 spiro atoms. The first-order valence-electron chi connectivity index (χ1n) is 7.07. The Balaban J connectivity index is 2.44. The molecule has 2 heteroatoms. The maximum Gasteiger partial charge on any atom is 0.00985 e. The number of rotatable bonds is 9. The Morgan fingerprint density at radius 1 is 1.24 bits per heavy atom. The molecule has 1 aromatic rings. The van der Waals surface area contributed by atoms with Crippen LogP contribution in [0.4, 0.5) is 0 Å². The standard InChI is InChI=1S/C15H27NS/c1-4-11-16-15(13(5-2)6-3)10-9-14-8-7-12-17-14/h7-8,12-13,15-16H,4-6,9-11H2,1-3H3. The van der Waals surface area contributed by atoms with Gasteiger partial charge in [0.25, 0.3) is 0 Å². The minimum Gasteiger partial charge on any atom is -0.314 e. The Hall–Kier alpha value is -0.340. The van der Waals surface area contributed by atoms with E-state index in [1.165, 1.54) is 37.0 Å². The molecule has 1 nitrogen and oxygen atoms in total. The van der Waals surface area contributed by atoms with E-state index in [1.807, 2.05) is 11.3 Å². The van der Waals surface area contributed by atoms with Crippen LogP contribution in [0.5, 0.6) is 0 Å². The minimum atomic E-state index is 0.701. The highest BCUT2D eigenvalue weighted by atomic mass is 32.1. The van der Waals surface area contributed by atoms with E-state index >= 15 is 0 Å². The van der Waals surface area contributed by atoms with Crippen molar-refractivity contribution in [2.24, 2.45) is 5.92 Å². The first-order valence-corrected chi connectivity index (χ1v) is 7.95. The quantitative estimate of drug-likeness (QED) is 0.684. The van der Waals surface area contributed by atoms with Gasteiger partial charge in [-0.05, 0) is 43.2 Å². The van der Waals surface area contributed by atoms with Gasteiger partial charge in [-0.2, -0.15) is 0 Å². The van der Waals surface area contributed by atoms with E-state index < -0.39 is 0 Å². The lowest BCUT2D eigenvalue weighted by Gasteiger charge is -2.26. The molecule has 1 atom stereocenters. The molecule has 17 heavy (non-hydrogen) atoms. The Morgan fingerprint density at radius 2 is 2.00 bits per heavy atom. The number of nitrogens with one attached hydrogen (secondary N) is 1. The minimum absolute atomic E-state index is 0.701. The lowest BCUT2D eigenvalue weighted by molar-refractivity contribution is 0.318. The summed E-state index contributed by atoms with van der Waals surface area (Å²) in [5, 5.41) is 5.92. The van der Waals surface area contributed by atoms with Crippen molar-refractivity contribution in [2.75, 3.05) is 6.54 Å². The molecule has 0 aliphatic rings. The third kappa shape index (κ3) is 5.22. The monoisotopic (exact) mass is 253 g/mol. The van der Waals surface area contributed by atoms with Gasteiger partial charge in [-0.1, -0.05) is 39.7 Å². The van der Waals surface area contributed by atoms with Crippen molar-refractivity contribution in [3.8, 4) is 0 Å². The summed E-state index contributed by atoms with van der Waals surface area (Å²) in [6.45, 7) is 8.04. The maximum atomic E-state index is 3.74. The average molecular weight is 253 g/mol. The van der Waals surface area contributed by atoms with Gasteiger partial charge in [-0.3, -0.25) is 0 Å². The van der Waals surface area contributed by atoms with Crippen LogP contribution in [0.3, 0.4) is 0 Å². The molecule has 0 amide bonds. The van der Waals surface area contributed by atoms with Gasteiger partial charge < -0.3 is 5.32 Å². The van der Waals surface area contributed by atoms with Crippen molar-refractivity contribution in [1.29, 1.82) is 0 Å². The van der Waals surface area contributed by atoms with Gasteiger partial charge >= 0.3 is 0 Å². The van der Waals surface area contributed by atoms with Gasteiger partial charge in [0, 0.05) is 10.9 Å². The van der Waals surface area contributed by atoms with Crippen molar-refractivity contribution in [2.45, 2.75) is 58.9 Å². The van der Waals surface area contributed by atoms with E-state index in [0.29, 0.717) is 6.04 Å². The first kappa shape index (κ1) is 14.7. The van der Waals surface area contributed by atoms with Crippen molar-refractivity contribution >= 4 is 11.3 Å². The number of hydrogen-bond donors (Lipinski definition) is 1. The highest BCUT2D eigenvalue weighted by molar-refractivity contribution is 7.09. The normalized spacial score (nSPS) is 13.2. The fourth-order valence-corrected chi connectivity index (χ4v) is 3.17. The Morgan fingerprint density at radius 3 is 2.53 bits per heavy atom. The van der Waals surface area contributed by atoms with Crippen molar-refractivity contribution < 1.29 is 0 Å². The van der Waals surface area contributed by atoms with Crippen LogP contribution in [0.2, 0.25) is 0 Å². The smallest absolute Gasteiger partial charge is 0.00985 e. The van der Waals surface area contributed by atoms with E-state index in [2.05, 4.69) is 43.6 Å². The van der Waals surface area contributed by atoms with Crippen molar-refractivity contribution in [3.05, 3.63) is 22.4 Å². The Kier molecular flexibility index (Phi) is 7.54. The Labute approximate surface area is 111 Å².